The van der Waals surface area contributed by atoms with E-state index in [2.05, 4.69) is 4.98 Å². The summed E-state index contributed by atoms with van der Waals surface area (Å²) in [4.78, 5) is 37.3. The van der Waals surface area contributed by atoms with E-state index in [1.165, 1.54) is 0 Å². The van der Waals surface area contributed by atoms with Crippen LogP contribution in [0.15, 0.2) is 71.7 Å². The molecule has 1 aliphatic carbocycles. The highest BCUT2D eigenvalue weighted by Crippen LogP contribution is 2.35. The zero-order chi connectivity index (χ0) is 28.5. The number of hydrogen-bond acceptors (Lipinski definition) is 6. The molecule has 6 rings (SSSR count). The highest BCUT2D eigenvalue weighted by Gasteiger charge is 2.26. The van der Waals surface area contributed by atoms with Crippen molar-refractivity contribution in [3.05, 3.63) is 89.0 Å². The molecule has 0 unspecified atom stereocenters. The third-order valence-electron chi connectivity index (χ3n) is 7.83. The second-order valence-corrected chi connectivity index (χ2v) is 11.1. The van der Waals surface area contributed by atoms with Gasteiger partial charge in [0.2, 0.25) is 5.91 Å². The average Bonchev–Trinajstić information content (AvgIpc) is 3.70. The minimum Gasteiger partial charge on any atom is -0.494 e. The number of aromatic nitrogens is 1. The van der Waals surface area contributed by atoms with Crippen molar-refractivity contribution in [1.82, 2.24) is 9.88 Å². The molecule has 2 heterocycles. The average molecular weight is 551 g/mol. The molecule has 4 aromatic rings. The van der Waals surface area contributed by atoms with Crippen molar-refractivity contribution in [3.63, 3.8) is 0 Å². The predicted molar refractivity (Wildman–Crippen MR) is 160 cm³/mol. The Morgan fingerprint density at radius 2 is 1.80 bits per heavy atom. The van der Waals surface area contributed by atoms with Crippen LogP contribution in [0.1, 0.15) is 52.7 Å². The van der Waals surface area contributed by atoms with Gasteiger partial charge in [-0.25, -0.2) is 9.79 Å². The number of aromatic amines is 1. The maximum atomic E-state index is 12.8. The number of carbonyl (C=O) groups is 2. The highest BCUT2D eigenvalue weighted by molar-refractivity contribution is 6.22. The third-order valence-corrected chi connectivity index (χ3v) is 7.83. The van der Waals surface area contributed by atoms with Gasteiger partial charge in [-0.3, -0.25) is 4.79 Å². The van der Waals surface area contributed by atoms with Crippen molar-refractivity contribution in [2.24, 2.45) is 4.99 Å². The number of likely N-dealkylation sites (N-methyl/N-ethyl adjacent to an activating group) is 1. The van der Waals surface area contributed by atoms with Crippen molar-refractivity contribution in [3.8, 4) is 5.88 Å². The van der Waals surface area contributed by atoms with Crippen LogP contribution < -0.4 is 4.90 Å². The van der Waals surface area contributed by atoms with E-state index >= 15 is 0 Å². The van der Waals surface area contributed by atoms with Crippen molar-refractivity contribution in [2.45, 2.75) is 38.2 Å². The number of rotatable bonds is 7. The number of nitrogens with one attached hydrogen (secondary N) is 1. The van der Waals surface area contributed by atoms with Crippen LogP contribution in [0.4, 0.5) is 11.4 Å². The molecule has 1 aliphatic heterocycles. The molecule has 41 heavy (non-hydrogen) atoms. The molecule has 8 heteroatoms. The molecule has 0 spiro atoms. The molecular weight excluding hydrogens is 516 g/mol. The molecule has 2 N–H and O–H groups in total. The summed E-state index contributed by atoms with van der Waals surface area (Å²) in [5.41, 5.74) is 5.81. The second-order valence-electron chi connectivity index (χ2n) is 11.1. The quantitative estimate of drug-likeness (QED) is 0.231. The molecule has 0 radical (unpaired) electrons. The van der Waals surface area contributed by atoms with Crippen LogP contribution in [0.2, 0.25) is 0 Å². The van der Waals surface area contributed by atoms with E-state index in [0.29, 0.717) is 35.4 Å². The Hall–Kier alpha value is -4.43. The molecule has 0 saturated heterocycles. The summed E-state index contributed by atoms with van der Waals surface area (Å²) in [6, 6.07) is 20.9. The number of anilines is 1. The van der Waals surface area contributed by atoms with E-state index in [1.807, 2.05) is 78.5 Å². The summed E-state index contributed by atoms with van der Waals surface area (Å²) < 4.78 is 5.69. The number of ether oxygens (including phenoxy) is 1. The molecule has 1 fully saturated rings. The number of fused-ring (bicyclic) bond motifs is 2. The van der Waals surface area contributed by atoms with Crippen LogP contribution in [-0.4, -0.2) is 65.9 Å². The van der Waals surface area contributed by atoms with Crippen LogP contribution in [-0.2, 0) is 16.0 Å². The van der Waals surface area contributed by atoms with Crippen molar-refractivity contribution < 1.29 is 19.4 Å². The van der Waals surface area contributed by atoms with Gasteiger partial charge in [-0.1, -0.05) is 36.4 Å². The minimum atomic E-state index is -0.345. The number of nitrogens with zero attached hydrogens (tertiary/aromatic N) is 3. The van der Waals surface area contributed by atoms with Gasteiger partial charge in [-0.2, -0.15) is 0 Å². The van der Waals surface area contributed by atoms with Crippen LogP contribution in [0, 0.1) is 0 Å². The second kappa shape index (κ2) is 11.2. The SMILES string of the molecule is CN(C)CC(=O)N1CCc2cc(N=C(c3ccccc3)c3c(O)[nH]c4cc(C(=O)OC5CCCC5)ccc34)ccc21. The summed E-state index contributed by atoms with van der Waals surface area (Å²) in [5.74, 6) is -0.293. The molecule has 210 valence electrons. The van der Waals surface area contributed by atoms with Gasteiger partial charge in [0.25, 0.3) is 0 Å². The van der Waals surface area contributed by atoms with Gasteiger partial charge in [0.05, 0.1) is 29.1 Å². The van der Waals surface area contributed by atoms with Crippen molar-refractivity contribution in [2.75, 3.05) is 32.1 Å². The molecule has 0 bridgehead atoms. The Balaban J connectivity index is 1.37. The third kappa shape index (κ3) is 5.47. The number of esters is 1. The largest absolute Gasteiger partial charge is 0.494 e. The topological polar surface area (TPSA) is 98.2 Å². The van der Waals surface area contributed by atoms with Crippen molar-refractivity contribution >= 4 is 39.9 Å². The van der Waals surface area contributed by atoms with E-state index in [9.17, 15) is 14.7 Å². The molecular formula is C33H34N4O4. The Labute approximate surface area is 239 Å². The first-order valence-electron chi connectivity index (χ1n) is 14.2. The van der Waals surface area contributed by atoms with Gasteiger partial charge >= 0.3 is 5.97 Å². The first-order valence-corrected chi connectivity index (χ1v) is 14.2. The lowest BCUT2D eigenvalue weighted by Gasteiger charge is -2.19. The van der Waals surface area contributed by atoms with E-state index in [-0.39, 0.29) is 23.9 Å². The number of H-pyrrole nitrogens is 1. The minimum absolute atomic E-state index is 0.0203. The molecule has 8 nitrogen and oxygen atoms in total. The molecule has 1 aromatic heterocycles. The Kier molecular flexibility index (Phi) is 7.32. The van der Waals surface area contributed by atoms with Gasteiger partial charge in [0.15, 0.2) is 5.88 Å². The Morgan fingerprint density at radius 1 is 1.02 bits per heavy atom. The number of hydrogen-bond donors (Lipinski definition) is 2. The summed E-state index contributed by atoms with van der Waals surface area (Å²) in [6.07, 6.45) is 4.73. The maximum absolute atomic E-state index is 12.8. The predicted octanol–water partition coefficient (Wildman–Crippen LogP) is 5.59. The van der Waals surface area contributed by atoms with E-state index in [4.69, 9.17) is 9.73 Å². The Morgan fingerprint density at radius 3 is 2.56 bits per heavy atom. The molecule has 0 atom stereocenters. The summed E-state index contributed by atoms with van der Waals surface area (Å²) in [7, 11) is 3.78. The lowest BCUT2D eigenvalue weighted by Crippen LogP contribution is -2.36. The van der Waals surface area contributed by atoms with E-state index < -0.39 is 0 Å². The van der Waals surface area contributed by atoms with Gasteiger partial charge in [0, 0.05) is 28.7 Å². The summed E-state index contributed by atoms with van der Waals surface area (Å²) in [6.45, 7) is 1.01. The molecule has 2 aliphatic rings. The normalized spacial score (nSPS) is 15.6. The molecule has 1 amide bonds. The van der Waals surface area contributed by atoms with Gasteiger partial charge in [-0.05, 0) is 82.1 Å². The number of carbonyl (C=O) groups excluding carboxylic acids is 2. The number of benzene rings is 3. The van der Waals surface area contributed by atoms with E-state index in [1.54, 1.807) is 12.1 Å². The smallest absolute Gasteiger partial charge is 0.338 e. The number of aliphatic imine (C=N–C) groups is 1. The highest BCUT2D eigenvalue weighted by atomic mass is 16.5. The summed E-state index contributed by atoms with van der Waals surface area (Å²) >= 11 is 0. The van der Waals surface area contributed by atoms with Crippen LogP contribution in [0.3, 0.4) is 0 Å². The van der Waals surface area contributed by atoms with Gasteiger partial charge in [0.1, 0.15) is 6.10 Å². The van der Waals surface area contributed by atoms with Crippen LogP contribution in [0.25, 0.3) is 10.9 Å². The van der Waals surface area contributed by atoms with Gasteiger partial charge in [-0.15, -0.1) is 0 Å². The first kappa shape index (κ1) is 26.8. The molecule has 3 aromatic carbocycles. The van der Waals surface area contributed by atoms with Gasteiger partial charge < -0.3 is 24.6 Å². The standard InChI is InChI=1S/C33H34N4O4/c1-36(2)20-29(38)37-17-16-22-18-24(13-15-28(22)37)34-31(21-8-4-3-5-9-21)30-26-14-12-23(19-27(26)35-32(30)39)33(40)41-25-10-6-7-11-25/h3-5,8-9,12-15,18-19,25,35,39H,6-7,10-11,16-17,20H2,1-2H3. The first-order chi connectivity index (χ1) is 19.9. The fraction of sp³-hybridized carbons (Fsp3) is 0.303. The zero-order valence-electron chi connectivity index (χ0n) is 23.4. The summed E-state index contributed by atoms with van der Waals surface area (Å²) in [5, 5.41) is 11.9. The zero-order valence-corrected chi connectivity index (χ0v) is 23.4. The van der Waals surface area contributed by atoms with Crippen LogP contribution in [0.5, 0.6) is 5.88 Å². The monoisotopic (exact) mass is 550 g/mol. The number of aromatic hydroxyl groups is 1. The lowest BCUT2D eigenvalue weighted by molar-refractivity contribution is -0.119. The fourth-order valence-corrected chi connectivity index (χ4v) is 5.84. The van der Waals surface area contributed by atoms with E-state index in [0.717, 1.165) is 60.0 Å². The van der Waals surface area contributed by atoms with Crippen molar-refractivity contribution in [1.29, 1.82) is 0 Å². The number of amides is 1. The van der Waals surface area contributed by atoms with Crippen LogP contribution >= 0.6 is 0 Å². The molecule has 1 saturated carbocycles. The Bertz CT molecular complexity index is 1630. The maximum Gasteiger partial charge on any atom is 0.338 e. The lowest BCUT2D eigenvalue weighted by atomic mass is 10.00. The fourth-order valence-electron chi connectivity index (χ4n) is 5.84.